The van der Waals surface area contributed by atoms with Crippen LogP contribution in [-0.4, -0.2) is 40.3 Å². The predicted molar refractivity (Wildman–Crippen MR) is 99.1 cm³/mol. The Bertz CT molecular complexity index is 895. The van der Waals surface area contributed by atoms with Gasteiger partial charge in [0.25, 0.3) is 5.91 Å². The Morgan fingerprint density at radius 3 is 2.73 bits per heavy atom. The van der Waals surface area contributed by atoms with E-state index >= 15 is 0 Å². The van der Waals surface area contributed by atoms with E-state index in [1.54, 1.807) is 17.3 Å². The summed E-state index contributed by atoms with van der Waals surface area (Å²) in [5.74, 6) is 0.599. The molecule has 2 aromatic heterocycles. The molecule has 1 aliphatic heterocycles. The number of ether oxygens (including phenoxy) is 1. The molecular formula is C19H17ClN4O2. The van der Waals surface area contributed by atoms with Gasteiger partial charge < -0.3 is 4.74 Å². The number of halogens is 1. The minimum absolute atomic E-state index is 0.0730. The second-order valence-corrected chi connectivity index (χ2v) is 6.49. The van der Waals surface area contributed by atoms with Crippen LogP contribution in [-0.2, 0) is 16.0 Å². The Hall–Kier alpha value is -2.70. The van der Waals surface area contributed by atoms with Crippen molar-refractivity contribution in [1.29, 1.82) is 0 Å². The number of carbonyl (C=O) groups is 1. The van der Waals surface area contributed by atoms with E-state index in [0.29, 0.717) is 30.4 Å². The van der Waals surface area contributed by atoms with E-state index in [1.165, 1.54) is 0 Å². The Labute approximate surface area is 155 Å². The van der Waals surface area contributed by atoms with Gasteiger partial charge in [0, 0.05) is 35.5 Å². The summed E-state index contributed by atoms with van der Waals surface area (Å²) < 4.78 is 5.70. The van der Waals surface area contributed by atoms with Crippen molar-refractivity contribution in [3.8, 4) is 11.3 Å². The van der Waals surface area contributed by atoms with Crippen LogP contribution in [0, 0.1) is 0 Å². The molecule has 0 bridgehead atoms. The summed E-state index contributed by atoms with van der Waals surface area (Å²) in [5, 5.41) is 7.94. The second kappa shape index (κ2) is 7.27. The maximum absolute atomic E-state index is 12.9. The number of anilines is 1. The monoisotopic (exact) mass is 368 g/mol. The summed E-state index contributed by atoms with van der Waals surface area (Å²) >= 11 is 5.92. The van der Waals surface area contributed by atoms with Crippen molar-refractivity contribution in [3.63, 3.8) is 0 Å². The number of nitrogens with zero attached hydrogens (tertiary/aromatic N) is 3. The fourth-order valence-electron chi connectivity index (χ4n) is 2.98. The number of morpholine rings is 1. The van der Waals surface area contributed by atoms with Gasteiger partial charge in [0.2, 0.25) is 0 Å². The molecule has 0 saturated carbocycles. The molecule has 26 heavy (non-hydrogen) atoms. The van der Waals surface area contributed by atoms with Gasteiger partial charge in [0.15, 0.2) is 0 Å². The average molecular weight is 369 g/mol. The Balaban J connectivity index is 1.51. The van der Waals surface area contributed by atoms with E-state index in [2.05, 4.69) is 15.2 Å². The normalized spacial score (nSPS) is 17.5. The first-order valence-electron chi connectivity index (χ1n) is 8.34. The quantitative estimate of drug-likeness (QED) is 0.768. The van der Waals surface area contributed by atoms with Crippen LogP contribution in [0.3, 0.4) is 0 Å². The molecule has 1 saturated heterocycles. The summed E-state index contributed by atoms with van der Waals surface area (Å²) in [4.78, 5) is 18.6. The van der Waals surface area contributed by atoms with Crippen LogP contribution in [0.15, 0.2) is 54.9 Å². The molecule has 6 nitrogen and oxygen atoms in total. The molecule has 1 N–H and O–H groups in total. The number of rotatable bonds is 4. The molecule has 0 unspecified atom stereocenters. The number of nitrogens with one attached hydrogen (secondary N) is 1. The lowest BCUT2D eigenvalue weighted by Crippen LogP contribution is -2.49. The van der Waals surface area contributed by atoms with E-state index in [9.17, 15) is 4.79 Å². The van der Waals surface area contributed by atoms with Crippen molar-refractivity contribution < 1.29 is 9.53 Å². The van der Waals surface area contributed by atoms with E-state index in [1.807, 2.05) is 42.5 Å². The fraction of sp³-hybridized carbons (Fsp3) is 0.211. The number of carbonyl (C=O) groups excluding carboxylic acids is 1. The van der Waals surface area contributed by atoms with Gasteiger partial charge in [-0.1, -0.05) is 23.7 Å². The lowest BCUT2D eigenvalue weighted by molar-refractivity contribution is -0.133. The zero-order valence-corrected chi connectivity index (χ0v) is 14.7. The van der Waals surface area contributed by atoms with E-state index in [4.69, 9.17) is 16.3 Å². The first-order chi connectivity index (χ1) is 12.7. The van der Waals surface area contributed by atoms with Crippen LogP contribution in [0.1, 0.15) is 5.56 Å². The highest BCUT2D eigenvalue weighted by Gasteiger charge is 2.31. The molecule has 3 heterocycles. The number of aromatic nitrogens is 3. The van der Waals surface area contributed by atoms with Gasteiger partial charge in [-0.25, -0.2) is 0 Å². The highest BCUT2D eigenvalue weighted by atomic mass is 35.5. The van der Waals surface area contributed by atoms with Crippen LogP contribution >= 0.6 is 11.6 Å². The molecular weight excluding hydrogens is 352 g/mol. The first kappa shape index (κ1) is 16.8. The SMILES string of the molecule is O=C1[C@H](Cc2ccc(Cl)cc2)OCCN1c1cc(-c2ccncc2)n[nH]1. The Morgan fingerprint density at radius 1 is 1.19 bits per heavy atom. The molecule has 1 atom stereocenters. The smallest absolute Gasteiger partial charge is 0.257 e. The highest BCUT2D eigenvalue weighted by Crippen LogP contribution is 2.24. The lowest BCUT2D eigenvalue weighted by atomic mass is 10.1. The summed E-state index contributed by atoms with van der Waals surface area (Å²) in [6.45, 7) is 0.974. The minimum Gasteiger partial charge on any atom is -0.366 e. The third-order valence-electron chi connectivity index (χ3n) is 4.34. The molecule has 0 aliphatic carbocycles. The van der Waals surface area contributed by atoms with Gasteiger partial charge in [-0.3, -0.25) is 19.8 Å². The van der Waals surface area contributed by atoms with Crippen molar-refractivity contribution in [2.45, 2.75) is 12.5 Å². The molecule has 7 heteroatoms. The van der Waals surface area contributed by atoms with Gasteiger partial charge in [0.1, 0.15) is 11.9 Å². The summed E-state index contributed by atoms with van der Waals surface area (Å²) in [6, 6.07) is 13.1. The van der Waals surface area contributed by atoms with Crippen LogP contribution in [0.2, 0.25) is 5.02 Å². The Kier molecular flexibility index (Phi) is 4.69. The number of hydrogen-bond acceptors (Lipinski definition) is 4. The van der Waals surface area contributed by atoms with Gasteiger partial charge in [-0.2, -0.15) is 5.10 Å². The van der Waals surface area contributed by atoms with Gasteiger partial charge in [-0.15, -0.1) is 0 Å². The van der Waals surface area contributed by atoms with Gasteiger partial charge in [0.05, 0.1) is 18.8 Å². The van der Waals surface area contributed by atoms with Gasteiger partial charge >= 0.3 is 0 Å². The van der Waals surface area contributed by atoms with E-state index < -0.39 is 6.10 Å². The predicted octanol–water partition coefficient (Wildman–Crippen LogP) is 3.10. The topological polar surface area (TPSA) is 71.1 Å². The molecule has 1 fully saturated rings. The van der Waals surface area contributed by atoms with Gasteiger partial charge in [-0.05, 0) is 29.8 Å². The molecule has 0 radical (unpaired) electrons. The molecule has 0 spiro atoms. The van der Waals surface area contributed by atoms with Crippen LogP contribution in [0.25, 0.3) is 11.3 Å². The zero-order chi connectivity index (χ0) is 17.9. The first-order valence-corrected chi connectivity index (χ1v) is 8.72. The summed E-state index contributed by atoms with van der Waals surface area (Å²) in [7, 11) is 0. The molecule has 3 aromatic rings. The van der Waals surface area contributed by atoms with Crippen molar-refractivity contribution in [1.82, 2.24) is 15.2 Å². The largest absolute Gasteiger partial charge is 0.366 e. The van der Waals surface area contributed by atoms with Crippen LogP contribution in [0.4, 0.5) is 5.82 Å². The molecule has 4 rings (SSSR count). The fourth-order valence-corrected chi connectivity index (χ4v) is 3.11. The number of benzene rings is 1. The zero-order valence-electron chi connectivity index (χ0n) is 13.9. The number of hydrogen-bond donors (Lipinski definition) is 1. The van der Waals surface area contributed by atoms with Crippen molar-refractivity contribution in [2.75, 3.05) is 18.1 Å². The van der Waals surface area contributed by atoms with Crippen molar-refractivity contribution in [3.05, 3.63) is 65.4 Å². The van der Waals surface area contributed by atoms with Crippen LogP contribution < -0.4 is 4.90 Å². The van der Waals surface area contributed by atoms with Crippen molar-refractivity contribution in [2.24, 2.45) is 0 Å². The number of aromatic amines is 1. The highest BCUT2D eigenvalue weighted by molar-refractivity contribution is 6.30. The van der Waals surface area contributed by atoms with E-state index in [-0.39, 0.29) is 5.91 Å². The number of H-pyrrole nitrogens is 1. The molecule has 1 aromatic carbocycles. The van der Waals surface area contributed by atoms with Crippen molar-refractivity contribution >= 4 is 23.3 Å². The summed E-state index contributed by atoms with van der Waals surface area (Å²) in [5.41, 5.74) is 2.73. The second-order valence-electron chi connectivity index (χ2n) is 6.05. The third kappa shape index (κ3) is 3.47. The maximum Gasteiger partial charge on any atom is 0.257 e. The third-order valence-corrected chi connectivity index (χ3v) is 4.59. The molecule has 1 amide bonds. The molecule has 132 valence electrons. The maximum atomic E-state index is 12.9. The minimum atomic E-state index is -0.516. The Morgan fingerprint density at radius 2 is 1.96 bits per heavy atom. The van der Waals surface area contributed by atoms with E-state index in [0.717, 1.165) is 16.8 Å². The number of pyridine rings is 1. The standard InChI is InChI=1S/C19H17ClN4O2/c20-15-3-1-13(2-4-15)11-17-19(25)24(9-10-26-17)18-12-16(22-23-18)14-5-7-21-8-6-14/h1-8,12,17H,9-11H2,(H,22,23)/t17-/m0/s1. The summed E-state index contributed by atoms with van der Waals surface area (Å²) in [6.07, 6.45) is 3.42. The lowest BCUT2D eigenvalue weighted by Gasteiger charge is -2.31. The molecule has 1 aliphatic rings. The average Bonchev–Trinajstić information content (AvgIpc) is 3.16. The van der Waals surface area contributed by atoms with Crippen LogP contribution in [0.5, 0.6) is 0 Å². The number of amides is 1.